The SMILES string of the molecule is Cc1ccccc1-c1cccc(C(O)(c2cn(C(c3ccccc3)(c3ccccc3)c3ccccc3)cn2)C(C)C)c1. The number of hydrogen-bond donors (Lipinski definition) is 1. The van der Waals surface area contributed by atoms with Crippen LogP contribution in [0.1, 0.15) is 47.4 Å². The van der Waals surface area contributed by atoms with Crippen molar-refractivity contribution in [2.75, 3.05) is 0 Å². The number of aryl methyl sites for hydroxylation is 1. The molecule has 0 saturated carbocycles. The highest BCUT2D eigenvalue weighted by atomic mass is 16.3. The minimum atomic E-state index is -1.31. The highest BCUT2D eigenvalue weighted by Crippen LogP contribution is 2.43. The van der Waals surface area contributed by atoms with Gasteiger partial charge in [0.1, 0.15) is 11.1 Å². The van der Waals surface area contributed by atoms with E-state index in [0.29, 0.717) is 5.69 Å². The van der Waals surface area contributed by atoms with Crippen LogP contribution in [0.2, 0.25) is 0 Å². The Morgan fingerprint density at radius 2 is 1.12 bits per heavy atom. The summed E-state index contributed by atoms with van der Waals surface area (Å²) < 4.78 is 2.17. The van der Waals surface area contributed by atoms with E-state index in [1.165, 1.54) is 5.56 Å². The molecule has 0 spiro atoms. The summed E-state index contributed by atoms with van der Waals surface area (Å²) in [5.41, 5.74) is 6.21. The molecular weight excluding hydrogens is 512 g/mol. The summed E-state index contributed by atoms with van der Waals surface area (Å²) in [5, 5.41) is 12.6. The zero-order valence-electron chi connectivity index (χ0n) is 24.4. The standard InChI is InChI=1S/C39H36N2O/c1-29(2)39(42,35-24-15-17-31(26-35)36-25-14-13-16-30(36)3)37-27-41(28-40-37)38(32-18-7-4-8-19-32,33-20-9-5-10-21-33)34-22-11-6-12-23-34/h4-29,42H,1-3H3. The smallest absolute Gasteiger partial charge is 0.135 e. The molecule has 0 aliphatic carbocycles. The summed E-state index contributed by atoms with van der Waals surface area (Å²) in [6.45, 7) is 6.23. The molecular formula is C39H36N2O. The van der Waals surface area contributed by atoms with Crippen molar-refractivity contribution in [1.29, 1.82) is 0 Å². The van der Waals surface area contributed by atoms with Gasteiger partial charge in [-0.1, -0.05) is 147 Å². The van der Waals surface area contributed by atoms with Crippen molar-refractivity contribution in [2.24, 2.45) is 5.92 Å². The molecule has 3 nitrogen and oxygen atoms in total. The first kappa shape index (κ1) is 27.4. The van der Waals surface area contributed by atoms with E-state index in [2.05, 4.69) is 135 Å². The lowest BCUT2D eigenvalue weighted by Crippen LogP contribution is -2.37. The molecule has 6 aromatic rings. The van der Waals surface area contributed by atoms with Crippen molar-refractivity contribution in [3.8, 4) is 11.1 Å². The monoisotopic (exact) mass is 548 g/mol. The van der Waals surface area contributed by atoms with Gasteiger partial charge < -0.3 is 9.67 Å². The normalized spacial score (nSPS) is 13.2. The molecule has 0 saturated heterocycles. The Kier molecular flexibility index (Phi) is 7.36. The molecule has 5 aromatic carbocycles. The lowest BCUT2D eigenvalue weighted by Gasteiger charge is -2.37. The Labute approximate surface area is 248 Å². The lowest BCUT2D eigenvalue weighted by molar-refractivity contribution is 0.0278. The fraction of sp³-hybridized carbons (Fsp3) is 0.154. The molecule has 0 aliphatic rings. The summed E-state index contributed by atoms with van der Waals surface area (Å²) >= 11 is 0. The van der Waals surface area contributed by atoms with E-state index in [4.69, 9.17) is 4.98 Å². The average Bonchev–Trinajstić information content (AvgIpc) is 3.54. The average molecular weight is 549 g/mol. The topological polar surface area (TPSA) is 38.0 Å². The molecule has 0 bridgehead atoms. The van der Waals surface area contributed by atoms with Gasteiger partial charge in [0.25, 0.3) is 0 Å². The molecule has 1 unspecified atom stereocenters. The molecule has 0 radical (unpaired) electrons. The summed E-state index contributed by atoms with van der Waals surface area (Å²) in [6, 6.07) is 48.2. The van der Waals surface area contributed by atoms with Crippen LogP contribution in [0.5, 0.6) is 0 Å². The van der Waals surface area contributed by atoms with Crippen LogP contribution in [0.3, 0.4) is 0 Å². The minimum Gasteiger partial charge on any atom is -0.378 e. The maximum Gasteiger partial charge on any atom is 0.135 e. The van der Waals surface area contributed by atoms with E-state index in [1.807, 2.05) is 42.9 Å². The first-order valence-corrected chi connectivity index (χ1v) is 14.6. The quantitative estimate of drug-likeness (QED) is 0.193. The van der Waals surface area contributed by atoms with Crippen LogP contribution in [-0.2, 0) is 11.1 Å². The highest BCUT2D eigenvalue weighted by Gasteiger charge is 2.42. The number of imidazole rings is 1. The van der Waals surface area contributed by atoms with Crippen LogP contribution >= 0.6 is 0 Å². The number of aromatic nitrogens is 2. The third-order valence-electron chi connectivity index (χ3n) is 8.53. The van der Waals surface area contributed by atoms with E-state index in [9.17, 15) is 5.11 Å². The van der Waals surface area contributed by atoms with Gasteiger partial charge in [-0.25, -0.2) is 4.98 Å². The molecule has 208 valence electrons. The van der Waals surface area contributed by atoms with Gasteiger partial charge in [0.2, 0.25) is 0 Å². The van der Waals surface area contributed by atoms with Gasteiger partial charge >= 0.3 is 0 Å². The molecule has 1 N–H and O–H groups in total. The fourth-order valence-electron chi connectivity index (χ4n) is 6.29. The molecule has 1 aromatic heterocycles. The van der Waals surface area contributed by atoms with E-state index in [1.54, 1.807) is 0 Å². The third kappa shape index (κ3) is 4.56. The number of rotatable bonds is 8. The Morgan fingerprint density at radius 3 is 1.64 bits per heavy atom. The Balaban J connectivity index is 1.57. The van der Waals surface area contributed by atoms with E-state index in [0.717, 1.165) is 33.4 Å². The van der Waals surface area contributed by atoms with Gasteiger partial charge in [-0.15, -0.1) is 0 Å². The molecule has 0 fully saturated rings. The van der Waals surface area contributed by atoms with Gasteiger partial charge in [-0.3, -0.25) is 0 Å². The largest absolute Gasteiger partial charge is 0.378 e. The molecule has 42 heavy (non-hydrogen) atoms. The van der Waals surface area contributed by atoms with Gasteiger partial charge in [-0.05, 0) is 57.9 Å². The molecule has 1 atom stereocenters. The van der Waals surface area contributed by atoms with Gasteiger partial charge in [0.05, 0.1) is 12.0 Å². The van der Waals surface area contributed by atoms with Crippen LogP contribution < -0.4 is 0 Å². The summed E-state index contributed by atoms with van der Waals surface area (Å²) in [7, 11) is 0. The number of benzene rings is 5. The van der Waals surface area contributed by atoms with Crippen molar-refractivity contribution in [3.63, 3.8) is 0 Å². The van der Waals surface area contributed by atoms with Crippen LogP contribution in [0.4, 0.5) is 0 Å². The first-order chi connectivity index (χ1) is 20.5. The van der Waals surface area contributed by atoms with Crippen molar-refractivity contribution >= 4 is 0 Å². The van der Waals surface area contributed by atoms with Gasteiger partial charge in [0.15, 0.2) is 0 Å². The second-order valence-corrected chi connectivity index (χ2v) is 11.3. The maximum atomic E-state index is 12.6. The number of aliphatic hydroxyl groups is 1. The van der Waals surface area contributed by atoms with Crippen molar-refractivity contribution < 1.29 is 5.11 Å². The van der Waals surface area contributed by atoms with Crippen LogP contribution in [-0.4, -0.2) is 14.7 Å². The number of nitrogens with zero attached hydrogens (tertiary/aromatic N) is 2. The predicted octanol–water partition coefficient (Wildman–Crippen LogP) is 8.59. The number of hydrogen-bond acceptors (Lipinski definition) is 2. The second-order valence-electron chi connectivity index (χ2n) is 11.3. The van der Waals surface area contributed by atoms with Crippen LogP contribution in [0.15, 0.2) is 152 Å². The minimum absolute atomic E-state index is 0.132. The van der Waals surface area contributed by atoms with Crippen LogP contribution in [0.25, 0.3) is 11.1 Å². The zero-order chi connectivity index (χ0) is 29.2. The van der Waals surface area contributed by atoms with Crippen molar-refractivity contribution in [2.45, 2.75) is 31.9 Å². The fourth-order valence-corrected chi connectivity index (χ4v) is 6.29. The molecule has 0 aliphatic heterocycles. The van der Waals surface area contributed by atoms with Crippen molar-refractivity contribution in [1.82, 2.24) is 9.55 Å². The van der Waals surface area contributed by atoms with E-state index < -0.39 is 11.1 Å². The second kappa shape index (κ2) is 11.3. The van der Waals surface area contributed by atoms with Crippen molar-refractivity contribution in [3.05, 3.63) is 186 Å². The summed E-state index contributed by atoms with van der Waals surface area (Å²) in [4.78, 5) is 4.96. The summed E-state index contributed by atoms with van der Waals surface area (Å²) in [6.07, 6.45) is 3.91. The Bertz CT molecular complexity index is 1680. The molecule has 1 heterocycles. The highest BCUT2D eigenvalue weighted by molar-refractivity contribution is 5.68. The molecule has 3 heteroatoms. The molecule has 6 rings (SSSR count). The van der Waals surface area contributed by atoms with E-state index in [-0.39, 0.29) is 5.92 Å². The maximum absolute atomic E-state index is 12.6. The van der Waals surface area contributed by atoms with Crippen LogP contribution in [0, 0.1) is 12.8 Å². The third-order valence-corrected chi connectivity index (χ3v) is 8.53. The van der Waals surface area contributed by atoms with Gasteiger partial charge in [0, 0.05) is 6.20 Å². The lowest BCUT2D eigenvalue weighted by atomic mass is 9.76. The molecule has 0 amide bonds. The Morgan fingerprint density at radius 1 is 0.619 bits per heavy atom. The first-order valence-electron chi connectivity index (χ1n) is 14.6. The summed E-state index contributed by atoms with van der Waals surface area (Å²) in [5.74, 6) is -0.132. The Hall–Kier alpha value is -4.73. The van der Waals surface area contributed by atoms with Gasteiger partial charge in [-0.2, -0.15) is 0 Å². The van der Waals surface area contributed by atoms with E-state index >= 15 is 0 Å². The predicted molar refractivity (Wildman–Crippen MR) is 171 cm³/mol. The zero-order valence-corrected chi connectivity index (χ0v) is 24.4.